The molecule has 0 saturated carbocycles. The summed E-state index contributed by atoms with van der Waals surface area (Å²) in [6.07, 6.45) is 0.181. The Kier molecular flexibility index (Phi) is 2.96. The minimum absolute atomic E-state index is 0.181. The molecule has 0 aliphatic carbocycles. The third-order valence-electron chi connectivity index (χ3n) is 2.17. The smallest absolute Gasteiger partial charge is 0.228 e. The highest BCUT2D eigenvalue weighted by Gasteiger charge is 2.29. The fraction of sp³-hybridized carbons (Fsp3) is 0.900. The maximum absolute atomic E-state index is 11.8. The third kappa shape index (κ3) is 2.69. The van der Waals surface area contributed by atoms with Crippen LogP contribution in [0.3, 0.4) is 0 Å². The zero-order valence-electron chi connectivity index (χ0n) is 8.96. The Bertz CT molecular complexity index is 196. The first-order chi connectivity index (χ1) is 5.91. The highest BCUT2D eigenvalue weighted by atomic mass is 16.5. The SMILES string of the molecule is C[C@H]1CN(C(=O)C(C)(C)C)CCO1. The summed E-state index contributed by atoms with van der Waals surface area (Å²) < 4.78 is 5.38. The van der Waals surface area contributed by atoms with Gasteiger partial charge in [-0.25, -0.2) is 0 Å². The predicted molar refractivity (Wildman–Crippen MR) is 51.4 cm³/mol. The van der Waals surface area contributed by atoms with Gasteiger partial charge in [-0.05, 0) is 6.92 Å². The second kappa shape index (κ2) is 3.66. The minimum Gasteiger partial charge on any atom is -0.375 e. The lowest BCUT2D eigenvalue weighted by Crippen LogP contribution is -2.48. The van der Waals surface area contributed by atoms with Crippen LogP contribution in [0.4, 0.5) is 0 Å². The number of hydrogen-bond donors (Lipinski definition) is 0. The molecule has 1 amide bonds. The maximum atomic E-state index is 11.8. The van der Waals surface area contributed by atoms with Gasteiger partial charge in [-0.3, -0.25) is 4.79 Å². The van der Waals surface area contributed by atoms with E-state index < -0.39 is 0 Å². The minimum atomic E-state index is -0.267. The van der Waals surface area contributed by atoms with Gasteiger partial charge in [0, 0.05) is 18.5 Å². The van der Waals surface area contributed by atoms with E-state index in [4.69, 9.17) is 4.74 Å². The van der Waals surface area contributed by atoms with Crippen LogP contribution in [0.5, 0.6) is 0 Å². The molecule has 1 aliphatic rings. The van der Waals surface area contributed by atoms with Crippen LogP contribution in [0.2, 0.25) is 0 Å². The summed E-state index contributed by atoms with van der Waals surface area (Å²) in [6, 6.07) is 0. The average Bonchev–Trinajstić information content (AvgIpc) is 2.01. The molecule has 76 valence electrons. The van der Waals surface area contributed by atoms with Gasteiger partial charge in [-0.2, -0.15) is 0 Å². The zero-order valence-corrected chi connectivity index (χ0v) is 8.96. The van der Waals surface area contributed by atoms with Crippen LogP contribution in [-0.4, -0.2) is 36.6 Å². The number of hydrogen-bond acceptors (Lipinski definition) is 2. The monoisotopic (exact) mass is 185 g/mol. The van der Waals surface area contributed by atoms with E-state index in [-0.39, 0.29) is 17.4 Å². The number of carbonyl (C=O) groups is 1. The Morgan fingerprint density at radius 2 is 2.08 bits per heavy atom. The van der Waals surface area contributed by atoms with E-state index in [1.54, 1.807) is 0 Å². The molecule has 3 heteroatoms. The second-order valence-corrected chi connectivity index (χ2v) is 4.68. The van der Waals surface area contributed by atoms with E-state index in [0.29, 0.717) is 6.61 Å². The summed E-state index contributed by atoms with van der Waals surface area (Å²) in [5, 5.41) is 0. The van der Waals surface area contributed by atoms with Crippen molar-refractivity contribution in [3.8, 4) is 0 Å². The lowest BCUT2D eigenvalue weighted by molar-refractivity contribution is -0.146. The van der Waals surface area contributed by atoms with Crippen molar-refractivity contribution in [1.29, 1.82) is 0 Å². The van der Waals surface area contributed by atoms with Crippen molar-refractivity contribution >= 4 is 5.91 Å². The topological polar surface area (TPSA) is 29.5 Å². The Morgan fingerprint density at radius 3 is 2.54 bits per heavy atom. The quantitative estimate of drug-likeness (QED) is 0.569. The molecule has 0 aromatic rings. The molecule has 1 rings (SSSR count). The average molecular weight is 185 g/mol. The molecular formula is C10H19NO2. The van der Waals surface area contributed by atoms with Crippen LogP contribution < -0.4 is 0 Å². The maximum Gasteiger partial charge on any atom is 0.228 e. The van der Waals surface area contributed by atoms with Crippen LogP contribution in [0.15, 0.2) is 0 Å². The van der Waals surface area contributed by atoms with E-state index in [9.17, 15) is 4.79 Å². The second-order valence-electron chi connectivity index (χ2n) is 4.68. The molecule has 0 N–H and O–H groups in total. The predicted octanol–water partition coefficient (Wildman–Crippen LogP) is 1.28. The lowest BCUT2D eigenvalue weighted by Gasteiger charge is -2.35. The van der Waals surface area contributed by atoms with Gasteiger partial charge in [0.25, 0.3) is 0 Å². The fourth-order valence-electron chi connectivity index (χ4n) is 1.48. The number of morpholine rings is 1. The Balaban J connectivity index is 2.56. The molecule has 1 atom stereocenters. The number of rotatable bonds is 0. The van der Waals surface area contributed by atoms with Gasteiger partial charge in [0.1, 0.15) is 0 Å². The van der Waals surface area contributed by atoms with Crippen LogP contribution in [-0.2, 0) is 9.53 Å². The standard InChI is InChI=1S/C10H19NO2/c1-8-7-11(5-6-13-8)9(12)10(2,3)4/h8H,5-7H2,1-4H3/t8-/m0/s1. The number of carbonyl (C=O) groups excluding carboxylic acids is 1. The van der Waals surface area contributed by atoms with Crippen molar-refractivity contribution in [2.45, 2.75) is 33.8 Å². The molecule has 0 unspecified atom stereocenters. The number of amides is 1. The molecule has 0 spiro atoms. The Labute approximate surface area is 80.1 Å². The summed E-state index contributed by atoms with van der Waals surface area (Å²) in [7, 11) is 0. The largest absolute Gasteiger partial charge is 0.375 e. The normalized spacial score (nSPS) is 24.6. The molecule has 0 aromatic heterocycles. The van der Waals surface area contributed by atoms with Gasteiger partial charge in [0.05, 0.1) is 12.7 Å². The van der Waals surface area contributed by atoms with Gasteiger partial charge < -0.3 is 9.64 Å². The first-order valence-corrected chi connectivity index (χ1v) is 4.82. The molecule has 0 radical (unpaired) electrons. The van der Waals surface area contributed by atoms with E-state index in [1.807, 2.05) is 32.6 Å². The van der Waals surface area contributed by atoms with Crippen molar-refractivity contribution in [1.82, 2.24) is 4.90 Å². The van der Waals surface area contributed by atoms with Crippen LogP contribution in [0.1, 0.15) is 27.7 Å². The van der Waals surface area contributed by atoms with Crippen LogP contribution >= 0.6 is 0 Å². The van der Waals surface area contributed by atoms with Gasteiger partial charge >= 0.3 is 0 Å². The van der Waals surface area contributed by atoms with Crippen LogP contribution in [0.25, 0.3) is 0 Å². The summed E-state index contributed by atoms with van der Waals surface area (Å²) in [6.45, 7) is 10.0. The molecule has 1 fully saturated rings. The molecule has 0 aromatic carbocycles. The summed E-state index contributed by atoms with van der Waals surface area (Å²) in [4.78, 5) is 13.7. The zero-order chi connectivity index (χ0) is 10.1. The molecule has 1 saturated heterocycles. The highest BCUT2D eigenvalue weighted by molar-refractivity contribution is 5.81. The van der Waals surface area contributed by atoms with Crippen molar-refractivity contribution < 1.29 is 9.53 Å². The van der Waals surface area contributed by atoms with Gasteiger partial charge in [-0.1, -0.05) is 20.8 Å². The van der Waals surface area contributed by atoms with Crippen molar-refractivity contribution in [3.05, 3.63) is 0 Å². The number of nitrogens with zero attached hydrogens (tertiary/aromatic N) is 1. The summed E-state index contributed by atoms with van der Waals surface area (Å²) in [5.41, 5.74) is -0.267. The molecule has 1 aliphatic heterocycles. The van der Waals surface area contributed by atoms with Crippen LogP contribution in [0, 0.1) is 5.41 Å². The third-order valence-corrected chi connectivity index (χ3v) is 2.17. The van der Waals surface area contributed by atoms with E-state index >= 15 is 0 Å². The first-order valence-electron chi connectivity index (χ1n) is 4.82. The molecule has 1 heterocycles. The Hall–Kier alpha value is -0.570. The van der Waals surface area contributed by atoms with Gasteiger partial charge in [0.15, 0.2) is 0 Å². The van der Waals surface area contributed by atoms with Crippen molar-refractivity contribution in [2.75, 3.05) is 19.7 Å². The molecule has 13 heavy (non-hydrogen) atoms. The van der Waals surface area contributed by atoms with E-state index in [1.165, 1.54) is 0 Å². The molecule has 3 nitrogen and oxygen atoms in total. The lowest BCUT2D eigenvalue weighted by atomic mass is 9.94. The highest BCUT2D eigenvalue weighted by Crippen LogP contribution is 2.19. The van der Waals surface area contributed by atoms with Gasteiger partial charge in [-0.15, -0.1) is 0 Å². The van der Waals surface area contributed by atoms with Crippen molar-refractivity contribution in [2.24, 2.45) is 5.41 Å². The Morgan fingerprint density at radius 1 is 1.46 bits per heavy atom. The first kappa shape index (κ1) is 10.5. The summed E-state index contributed by atoms with van der Waals surface area (Å²) in [5.74, 6) is 0.225. The van der Waals surface area contributed by atoms with E-state index in [0.717, 1.165) is 13.1 Å². The molecular weight excluding hydrogens is 166 g/mol. The van der Waals surface area contributed by atoms with E-state index in [2.05, 4.69) is 0 Å². The fourth-order valence-corrected chi connectivity index (χ4v) is 1.48. The molecule has 0 bridgehead atoms. The number of ether oxygens (including phenoxy) is 1. The van der Waals surface area contributed by atoms with Crippen molar-refractivity contribution in [3.63, 3.8) is 0 Å². The summed E-state index contributed by atoms with van der Waals surface area (Å²) >= 11 is 0. The van der Waals surface area contributed by atoms with Gasteiger partial charge in [0.2, 0.25) is 5.91 Å².